The van der Waals surface area contributed by atoms with E-state index in [4.69, 9.17) is 16.0 Å². The second-order valence-electron chi connectivity index (χ2n) is 4.72. The van der Waals surface area contributed by atoms with Crippen molar-refractivity contribution in [2.24, 2.45) is 5.73 Å². The molecule has 0 spiro atoms. The van der Waals surface area contributed by atoms with Crippen LogP contribution in [0.3, 0.4) is 0 Å². The van der Waals surface area contributed by atoms with Gasteiger partial charge in [-0.1, -0.05) is 0 Å². The zero-order valence-electron chi connectivity index (χ0n) is 11.7. The molecule has 19 heavy (non-hydrogen) atoms. The summed E-state index contributed by atoms with van der Waals surface area (Å²) in [5.74, 6) is 0. The lowest BCUT2D eigenvalue weighted by Crippen LogP contribution is -2.45. The van der Waals surface area contributed by atoms with Gasteiger partial charge >= 0.3 is 0 Å². The molecule has 1 aromatic rings. The fraction of sp³-hybridized carbons (Fsp3) is 0.538. The third-order valence-corrected chi connectivity index (χ3v) is 4.34. The van der Waals surface area contributed by atoms with Crippen LogP contribution in [0.15, 0.2) is 18.2 Å². The Hall–Kier alpha value is -1.11. The minimum absolute atomic E-state index is 0.358. The number of aryl methyl sites for hydroxylation is 1. The Balaban J connectivity index is 2.83. The smallest absolute Gasteiger partial charge is 0.157 e. The molecule has 1 aromatic carbocycles. The lowest BCUT2D eigenvalue weighted by molar-refractivity contribution is 0.527. The van der Waals surface area contributed by atoms with Crippen LogP contribution in [0, 0.1) is 6.92 Å². The van der Waals surface area contributed by atoms with Crippen LogP contribution < -0.4 is 16.4 Å². The molecule has 0 aliphatic rings. The SMILES string of the molecule is CCN(CC(N)C(C)S(=O)O)c1ccc(N)c(C)c1. The third-order valence-electron chi connectivity index (χ3n) is 3.35. The van der Waals surface area contributed by atoms with Crippen molar-refractivity contribution in [3.05, 3.63) is 23.8 Å². The molecule has 0 aliphatic heterocycles. The molecule has 1 rings (SSSR count). The van der Waals surface area contributed by atoms with Gasteiger partial charge in [-0.3, -0.25) is 0 Å². The number of nitrogens with two attached hydrogens (primary N) is 2. The summed E-state index contributed by atoms with van der Waals surface area (Å²) >= 11 is -1.89. The van der Waals surface area contributed by atoms with Gasteiger partial charge in [0, 0.05) is 30.5 Å². The molecule has 0 fully saturated rings. The Morgan fingerprint density at radius 2 is 2.11 bits per heavy atom. The minimum atomic E-state index is -1.89. The van der Waals surface area contributed by atoms with E-state index in [-0.39, 0.29) is 6.04 Å². The van der Waals surface area contributed by atoms with Gasteiger partial charge in [0.2, 0.25) is 0 Å². The van der Waals surface area contributed by atoms with E-state index >= 15 is 0 Å². The molecule has 5 N–H and O–H groups in total. The normalized spacial score (nSPS) is 15.8. The molecular formula is C13H23N3O2S. The summed E-state index contributed by atoms with van der Waals surface area (Å²) in [5, 5.41) is -0.455. The molecule has 0 bridgehead atoms. The van der Waals surface area contributed by atoms with Crippen LogP contribution in [0.2, 0.25) is 0 Å². The number of likely N-dealkylation sites (N-methyl/N-ethyl adjacent to an activating group) is 1. The average molecular weight is 285 g/mol. The van der Waals surface area contributed by atoms with Crippen molar-refractivity contribution < 1.29 is 8.76 Å². The third kappa shape index (κ3) is 4.19. The lowest BCUT2D eigenvalue weighted by Gasteiger charge is -2.28. The highest BCUT2D eigenvalue weighted by Crippen LogP contribution is 2.21. The zero-order valence-corrected chi connectivity index (χ0v) is 12.5. The van der Waals surface area contributed by atoms with Gasteiger partial charge < -0.3 is 20.9 Å². The monoisotopic (exact) mass is 285 g/mol. The van der Waals surface area contributed by atoms with Crippen LogP contribution in [0.5, 0.6) is 0 Å². The highest BCUT2D eigenvalue weighted by molar-refractivity contribution is 7.79. The molecule has 5 nitrogen and oxygen atoms in total. The Kier molecular flexibility index (Phi) is 5.78. The van der Waals surface area contributed by atoms with E-state index in [9.17, 15) is 4.21 Å². The van der Waals surface area contributed by atoms with Crippen molar-refractivity contribution >= 4 is 22.5 Å². The summed E-state index contributed by atoms with van der Waals surface area (Å²) in [5.41, 5.74) is 14.6. The number of hydrogen-bond acceptors (Lipinski definition) is 4. The van der Waals surface area contributed by atoms with E-state index in [1.54, 1.807) is 6.92 Å². The molecule has 0 heterocycles. The van der Waals surface area contributed by atoms with E-state index in [1.165, 1.54) is 0 Å². The molecule has 0 aliphatic carbocycles. The number of anilines is 2. The molecule has 108 valence electrons. The summed E-state index contributed by atoms with van der Waals surface area (Å²) in [6, 6.07) is 5.46. The largest absolute Gasteiger partial charge is 0.399 e. The van der Waals surface area contributed by atoms with E-state index in [0.29, 0.717) is 6.54 Å². The minimum Gasteiger partial charge on any atom is -0.399 e. The number of benzene rings is 1. The Bertz CT molecular complexity index is 454. The van der Waals surface area contributed by atoms with E-state index in [1.807, 2.05) is 32.0 Å². The number of nitrogen functional groups attached to an aromatic ring is 1. The first kappa shape index (κ1) is 15.9. The molecule has 0 saturated heterocycles. The Labute approximate surface area is 117 Å². The quantitative estimate of drug-likeness (QED) is 0.542. The van der Waals surface area contributed by atoms with E-state index in [0.717, 1.165) is 23.5 Å². The summed E-state index contributed by atoms with van der Waals surface area (Å²) < 4.78 is 20.1. The predicted molar refractivity (Wildman–Crippen MR) is 81.7 cm³/mol. The summed E-state index contributed by atoms with van der Waals surface area (Å²) in [6.07, 6.45) is 0. The van der Waals surface area contributed by atoms with Crippen LogP contribution in [-0.2, 0) is 11.1 Å². The Morgan fingerprint density at radius 1 is 1.47 bits per heavy atom. The van der Waals surface area contributed by atoms with Crippen molar-refractivity contribution in [3.63, 3.8) is 0 Å². The Morgan fingerprint density at radius 3 is 2.58 bits per heavy atom. The summed E-state index contributed by atoms with van der Waals surface area (Å²) in [7, 11) is 0. The van der Waals surface area contributed by atoms with Crippen molar-refractivity contribution in [2.45, 2.75) is 32.1 Å². The van der Waals surface area contributed by atoms with Crippen LogP contribution in [0.4, 0.5) is 11.4 Å². The van der Waals surface area contributed by atoms with Gasteiger partial charge in [0.1, 0.15) is 0 Å². The highest BCUT2D eigenvalue weighted by Gasteiger charge is 2.20. The predicted octanol–water partition coefficient (Wildman–Crippen LogP) is 1.34. The molecule has 0 amide bonds. The first-order valence-electron chi connectivity index (χ1n) is 6.33. The maximum absolute atomic E-state index is 11.0. The molecule has 3 unspecified atom stereocenters. The van der Waals surface area contributed by atoms with Gasteiger partial charge in [0.05, 0.1) is 5.25 Å². The maximum atomic E-state index is 11.0. The van der Waals surface area contributed by atoms with Gasteiger partial charge in [-0.25, -0.2) is 4.21 Å². The first-order valence-corrected chi connectivity index (χ1v) is 7.50. The summed E-state index contributed by atoms with van der Waals surface area (Å²) in [4.78, 5) is 2.08. The maximum Gasteiger partial charge on any atom is 0.157 e. The molecule has 3 atom stereocenters. The molecule has 0 aromatic heterocycles. The average Bonchev–Trinajstić information content (AvgIpc) is 2.37. The van der Waals surface area contributed by atoms with Crippen molar-refractivity contribution in [2.75, 3.05) is 23.7 Å². The van der Waals surface area contributed by atoms with Crippen molar-refractivity contribution in [1.82, 2.24) is 0 Å². The topological polar surface area (TPSA) is 92.6 Å². The second kappa shape index (κ2) is 6.88. The number of hydrogen-bond donors (Lipinski definition) is 3. The van der Waals surface area contributed by atoms with Gasteiger partial charge in [-0.2, -0.15) is 0 Å². The first-order chi connectivity index (χ1) is 8.86. The zero-order chi connectivity index (χ0) is 14.6. The van der Waals surface area contributed by atoms with E-state index < -0.39 is 16.3 Å². The standard InChI is InChI=1S/C13H23N3O2S/c1-4-16(8-13(15)10(3)19(17)18)11-5-6-12(14)9(2)7-11/h5-7,10,13H,4,8,14-15H2,1-3H3,(H,17,18). The molecule has 0 saturated carbocycles. The second-order valence-corrected chi connectivity index (χ2v) is 6.02. The van der Waals surface area contributed by atoms with Gasteiger partial charge in [-0.15, -0.1) is 0 Å². The molecule has 0 radical (unpaired) electrons. The number of nitrogens with zero attached hydrogens (tertiary/aromatic N) is 1. The van der Waals surface area contributed by atoms with Gasteiger partial charge in [0.25, 0.3) is 0 Å². The lowest BCUT2D eigenvalue weighted by atomic mass is 10.1. The fourth-order valence-electron chi connectivity index (χ4n) is 1.83. The van der Waals surface area contributed by atoms with E-state index in [2.05, 4.69) is 4.90 Å². The molecule has 6 heteroatoms. The van der Waals surface area contributed by atoms with Gasteiger partial charge in [-0.05, 0) is 44.5 Å². The van der Waals surface area contributed by atoms with Crippen LogP contribution in [0.25, 0.3) is 0 Å². The van der Waals surface area contributed by atoms with Crippen molar-refractivity contribution in [1.29, 1.82) is 0 Å². The number of rotatable bonds is 6. The fourth-order valence-corrected chi connectivity index (χ4v) is 2.21. The highest BCUT2D eigenvalue weighted by atomic mass is 32.2. The van der Waals surface area contributed by atoms with Crippen LogP contribution in [0.1, 0.15) is 19.4 Å². The summed E-state index contributed by atoms with van der Waals surface area (Å²) in [6.45, 7) is 6.98. The van der Waals surface area contributed by atoms with Crippen molar-refractivity contribution in [3.8, 4) is 0 Å². The van der Waals surface area contributed by atoms with Crippen LogP contribution >= 0.6 is 0 Å². The molecular weight excluding hydrogens is 262 g/mol. The van der Waals surface area contributed by atoms with Crippen LogP contribution in [-0.4, -0.2) is 33.1 Å². The van der Waals surface area contributed by atoms with Gasteiger partial charge in [0.15, 0.2) is 11.1 Å².